The summed E-state index contributed by atoms with van der Waals surface area (Å²) in [7, 11) is 1.64. The topological polar surface area (TPSA) is 77.5 Å². The van der Waals surface area contributed by atoms with Crippen molar-refractivity contribution in [1.82, 2.24) is 10.3 Å². The first-order valence-corrected chi connectivity index (χ1v) is 12.5. The van der Waals surface area contributed by atoms with Gasteiger partial charge in [0, 0.05) is 48.1 Å². The van der Waals surface area contributed by atoms with E-state index in [0.29, 0.717) is 36.1 Å². The Bertz CT molecular complexity index is 1340. The Kier molecular flexibility index (Phi) is 7.17. The summed E-state index contributed by atoms with van der Waals surface area (Å²) in [4.78, 5) is 31.3. The monoisotopic (exact) mass is 494 g/mol. The fourth-order valence-electron chi connectivity index (χ4n) is 5.29. The van der Waals surface area contributed by atoms with Crippen LogP contribution in [0.4, 0.5) is 0 Å². The molecule has 5 rings (SSSR count). The Morgan fingerprint density at radius 1 is 0.973 bits per heavy atom. The largest absolute Gasteiger partial charge is 0.497 e. The first-order valence-electron chi connectivity index (χ1n) is 12.5. The molecule has 1 aromatic heterocycles. The number of methoxy groups -OCH3 is 1. The lowest BCUT2D eigenvalue weighted by molar-refractivity contribution is -0.139. The normalized spacial score (nSPS) is 19.2. The van der Waals surface area contributed by atoms with E-state index in [-0.39, 0.29) is 18.3 Å². The third kappa shape index (κ3) is 5.19. The van der Waals surface area contributed by atoms with Crippen LogP contribution in [0.25, 0.3) is 0 Å². The minimum absolute atomic E-state index is 0.0402. The van der Waals surface area contributed by atoms with Crippen LogP contribution >= 0.6 is 0 Å². The highest BCUT2D eigenvalue weighted by molar-refractivity contribution is 6.04. The SMILES string of the molecule is COc1ccc(C2CC(=O)C3=C(C2)NC(C)=C(C(=O)OCCc2ccccc2)C3c2ccncc2)cc1. The van der Waals surface area contributed by atoms with Gasteiger partial charge in [-0.15, -0.1) is 0 Å². The maximum Gasteiger partial charge on any atom is 0.336 e. The number of ketones is 1. The summed E-state index contributed by atoms with van der Waals surface area (Å²) >= 11 is 0. The standard InChI is InChI=1S/C31H30N2O4/c1-20-28(31(35)37-17-14-21-6-4-3-5-7-21)29(23-12-15-32-16-13-23)30-26(33-20)18-24(19-27(30)34)22-8-10-25(36-2)11-9-22/h3-13,15-16,24,29,33H,14,17-19H2,1-2H3. The van der Waals surface area contributed by atoms with Crippen LogP contribution < -0.4 is 10.1 Å². The number of dihydropyridines is 1. The summed E-state index contributed by atoms with van der Waals surface area (Å²) in [6.45, 7) is 2.15. The van der Waals surface area contributed by atoms with E-state index >= 15 is 0 Å². The van der Waals surface area contributed by atoms with E-state index in [0.717, 1.165) is 28.1 Å². The zero-order valence-corrected chi connectivity index (χ0v) is 21.1. The number of hydrogen-bond acceptors (Lipinski definition) is 6. The van der Waals surface area contributed by atoms with Gasteiger partial charge in [0.2, 0.25) is 0 Å². The molecule has 6 nitrogen and oxygen atoms in total. The molecule has 0 saturated carbocycles. The van der Waals surface area contributed by atoms with E-state index < -0.39 is 11.9 Å². The van der Waals surface area contributed by atoms with Crippen molar-refractivity contribution in [2.75, 3.05) is 13.7 Å². The Hall–Kier alpha value is -4.19. The first-order chi connectivity index (χ1) is 18.0. The predicted octanol–water partition coefficient (Wildman–Crippen LogP) is 5.24. The van der Waals surface area contributed by atoms with Gasteiger partial charge in [-0.05, 0) is 60.2 Å². The van der Waals surface area contributed by atoms with Crippen LogP contribution in [0.1, 0.15) is 48.3 Å². The quantitative estimate of drug-likeness (QED) is 0.453. The molecule has 6 heteroatoms. The van der Waals surface area contributed by atoms with E-state index in [9.17, 15) is 9.59 Å². The summed E-state index contributed by atoms with van der Waals surface area (Å²) in [5.74, 6) is -0.0194. The van der Waals surface area contributed by atoms with Gasteiger partial charge in [0.1, 0.15) is 5.75 Å². The molecule has 0 saturated heterocycles. The maximum atomic E-state index is 13.7. The maximum absolute atomic E-state index is 13.7. The van der Waals surface area contributed by atoms with Crippen molar-refractivity contribution in [2.24, 2.45) is 0 Å². The fraction of sp³-hybridized carbons (Fsp3) is 0.258. The van der Waals surface area contributed by atoms with E-state index in [1.54, 1.807) is 19.5 Å². The van der Waals surface area contributed by atoms with Gasteiger partial charge in [-0.3, -0.25) is 9.78 Å². The van der Waals surface area contributed by atoms with Crippen LogP contribution in [0.2, 0.25) is 0 Å². The third-order valence-corrected chi connectivity index (χ3v) is 7.14. The molecule has 2 aromatic carbocycles. The number of carbonyl (C=O) groups is 2. The second-order valence-electron chi connectivity index (χ2n) is 9.44. The van der Waals surface area contributed by atoms with Crippen molar-refractivity contribution in [1.29, 1.82) is 0 Å². The van der Waals surface area contributed by atoms with Crippen molar-refractivity contribution < 1.29 is 19.1 Å². The van der Waals surface area contributed by atoms with Gasteiger partial charge in [-0.1, -0.05) is 42.5 Å². The van der Waals surface area contributed by atoms with Crippen molar-refractivity contribution in [3.8, 4) is 5.75 Å². The van der Waals surface area contributed by atoms with Gasteiger partial charge < -0.3 is 14.8 Å². The molecule has 2 unspecified atom stereocenters. The number of nitrogens with one attached hydrogen (secondary N) is 1. The van der Waals surface area contributed by atoms with Crippen LogP contribution in [0.15, 0.2) is 102 Å². The highest BCUT2D eigenvalue weighted by atomic mass is 16.5. The van der Waals surface area contributed by atoms with Gasteiger partial charge in [0.05, 0.1) is 19.3 Å². The number of carbonyl (C=O) groups excluding carboxylic acids is 2. The zero-order valence-electron chi connectivity index (χ0n) is 21.1. The van der Waals surface area contributed by atoms with E-state index in [1.165, 1.54) is 0 Å². The van der Waals surface area contributed by atoms with Gasteiger partial charge in [0.25, 0.3) is 0 Å². The second-order valence-corrected chi connectivity index (χ2v) is 9.44. The lowest BCUT2D eigenvalue weighted by Gasteiger charge is -2.36. The highest BCUT2D eigenvalue weighted by Crippen LogP contribution is 2.45. The van der Waals surface area contributed by atoms with Crippen molar-refractivity contribution in [2.45, 2.75) is 38.0 Å². The first kappa shape index (κ1) is 24.5. The van der Waals surface area contributed by atoms with Crippen LogP contribution in [0, 0.1) is 0 Å². The Labute approximate surface area is 217 Å². The number of pyridine rings is 1. The van der Waals surface area contributed by atoms with Gasteiger partial charge in [-0.2, -0.15) is 0 Å². The number of aromatic nitrogens is 1. The molecule has 0 amide bonds. The Morgan fingerprint density at radius 2 is 1.70 bits per heavy atom. The lowest BCUT2D eigenvalue weighted by Crippen LogP contribution is -2.36. The summed E-state index contributed by atoms with van der Waals surface area (Å²) in [5.41, 5.74) is 5.77. The van der Waals surface area contributed by atoms with Gasteiger partial charge in [0.15, 0.2) is 5.78 Å². The lowest BCUT2D eigenvalue weighted by atomic mass is 9.72. The van der Waals surface area contributed by atoms with Crippen LogP contribution in [0.3, 0.4) is 0 Å². The molecule has 0 spiro atoms. The molecule has 1 aliphatic heterocycles. The molecular weight excluding hydrogens is 464 g/mol. The molecule has 1 aliphatic carbocycles. The fourth-order valence-corrected chi connectivity index (χ4v) is 5.29. The molecule has 1 N–H and O–H groups in total. The molecule has 0 radical (unpaired) electrons. The van der Waals surface area contributed by atoms with E-state index in [2.05, 4.69) is 10.3 Å². The summed E-state index contributed by atoms with van der Waals surface area (Å²) < 4.78 is 11.0. The second kappa shape index (κ2) is 10.8. The van der Waals surface area contributed by atoms with Crippen LogP contribution in [-0.2, 0) is 20.7 Å². The number of hydrogen-bond donors (Lipinski definition) is 1. The Balaban J connectivity index is 1.43. The van der Waals surface area contributed by atoms with E-state index in [4.69, 9.17) is 9.47 Å². The number of nitrogens with zero attached hydrogens (tertiary/aromatic N) is 1. The smallest absolute Gasteiger partial charge is 0.336 e. The van der Waals surface area contributed by atoms with Gasteiger partial charge >= 0.3 is 5.97 Å². The van der Waals surface area contributed by atoms with Crippen molar-refractivity contribution in [3.05, 3.63) is 118 Å². The van der Waals surface area contributed by atoms with Crippen molar-refractivity contribution >= 4 is 11.8 Å². The number of allylic oxidation sites excluding steroid dienone is 3. The van der Waals surface area contributed by atoms with Crippen molar-refractivity contribution in [3.63, 3.8) is 0 Å². The molecule has 2 aliphatic rings. The number of benzene rings is 2. The molecule has 3 aromatic rings. The summed E-state index contributed by atoms with van der Waals surface area (Å²) in [6.07, 6.45) is 5.08. The molecule has 2 heterocycles. The number of esters is 1. The zero-order chi connectivity index (χ0) is 25.8. The molecule has 2 atom stereocenters. The summed E-state index contributed by atoms with van der Waals surface area (Å²) in [6, 6.07) is 21.5. The summed E-state index contributed by atoms with van der Waals surface area (Å²) in [5, 5.41) is 3.41. The minimum Gasteiger partial charge on any atom is -0.497 e. The molecule has 188 valence electrons. The van der Waals surface area contributed by atoms with E-state index in [1.807, 2.05) is 73.7 Å². The van der Waals surface area contributed by atoms with Crippen LogP contribution in [0.5, 0.6) is 5.75 Å². The van der Waals surface area contributed by atoms with Crippen LogP contribution in [-0.4, -0.2) is 30.5 Å². The Morgan fingerprint density at radius 3 is 2.41 bits per heavy atom. The predicted molar refractivity (Wildman–Crippen MR) is 141 cm³/mol. The minimum atomic E-state index is -0.493. The molecule has 0 fully saturated rings. The third-order valence-electron chi connectivity index (χ3n) is 7.14. The highest BCUT2D eigenvalue weighted by Gasteiger charge is 2.41. The number of Topliss-reactive ketones (excluding diaryl/α,β-unsaturated/α-hetero) is 1. The number of ether oxygens (including phenoxy) is 2. The molecular formula is C31H30N2O4. The average molecular weight is 495 g/mol. The van der Waals surface area contributed by atoms with Gasteiger partial charge in [-0.25, -0.2) is 4.79 Å². The molecule has 0 bridgehead atoms. The average Bonchev–Trinajstić information content (AvgIpc) is 2.93. The molecule has 37 heavy (non-hydrogen) atoms. The number of rotatable bonds is 7.